The van der Waals surface area contributed by atoms with Crippen molar-refractivity contribution >= 4 is 20.8 Å². The molecule has 0 bridgehead atoms. The average Bonchev–Trinajstić information content (AvgIpc) is 2.46. The van der Waals surface area contributed by atoms with Gasteiger partial charge in [0.25, 0.3) is 0 Å². The number of fused-ring (bicyclic) bond motifs is 1. The van der Waals surface area contributed by atoms with Crippen LogP contribution < -0.4 is 4.72 Å². The molecule has 0 amide bonds. The predicted molar refractivity (Wildman–Crippen MR) is 74.6 cm³/mol. The van der Waals surface area contributed by atoms with Crippen LogP contribution in [0.1, 0.15) is 6.92 Å². The average molecular weight is 296 g/mol. The lowest BCUT2D eigenvalue weighted by Crippen LogP contribution is -2.51. The van der Waals surface area contributed by atoms with Crippen molar-refractivity contribution in [3.63, 3.8) is 0 Å². The summed E-state index contributed by atoms with van der Waals surface area (Å²) in [5, 5.41) is 19.7. The molecule has 1 aromatic carbocycles. The predicted octanol–water partition coefficient (Wildman–Crippen LogP) is 0.256. The van der Waals surface area contributed by atoms with E-state index in [0.717, 1.165) is 0 Å². The number of nitrogens with one attached hydrogen (secondary N) is 1. The molecule has 0 saturated carbocycles. The van der Waals surface area contributed by atoms with Gasteiger partial charge in [-0.1, -0.05) is 12.1 Å². The van der Waals surface area contributed by atoms with Gasteiger partial charge in [-0.05, 0) is 19.1 Å². The van der Waals surface area contributed by atoms with Crippen LogP contribution in [-0.2, 0) is 10.0 Å². The van der Waals surface area contributed by atoms with Gasteiger partial charge in [0.1, 0.15) is 0 Å². The van der Waals surface area contributed by atoms with Crippen molar-refractivity contribution in [2.45, 2.75) is 17.4 Å². The molecule has 0 fully saturated rings. The Bertz CT molecular complexity index is 706. The van der Waals surface area contributed by atoms with Crippen molar-refractivity contribution in [2.75, 3.05) is 13.2 Å². The van der Waals surface area contributed by atoms with Gasteiger partial charge in [0.05, 0.1) is 23.6 Å². The van der Waals surface area contributed by atoms with E-state index in [0.29, 0.717) is 10.8 Å². The highest BCUT2D eigenvalue weighted by atomic mass is 32.2. The number of pyridine rings is 1. The van der Waals surface area contributed by atoms with Crippen molar-refractivity contribution in [3.8, 4) is 0 Å². The summed E-state index contributed by atoms with van der Waals surface area (Å²) in [6, 6.07) is 6.46. The Labute approximate surface area is 117 Å². The maximum atomic E-state index is 12.4. The zero-order valence-corrected chi connectivity index (χ0v) is 11.8. The standard InChI is InChI=1S/C13H16N2O4S/c1-13(8-16,9-17)15-20(18,19)12-4-2-3-10-7-14-6-5-11(10)12/h2-7,15-17H,8-9H2,1H3. The highest BCUT2D eigenvalue weighted by Gasteiger charge is 2.30. The summed E-state index contributed by atoms with van der Waals surface area (Å²) in [5.74, 6) is 0. The molecule has 6 nitrogen and oxygen atoms in total. The second-order valence-corrected chi connectivity index (χ2v) is 6.49. The maximum absolute atomic E-state index is 12.4. The zero-order valence-electron chi connectivity index (χ0n) is 10.9. The first-order valence-electron chi connectivity index (χ1n) is 6.00. The quantitative estimate of drug-likeness (QED) is 0.735. The second-order valence-electron chi connectivity index (χ2n) is 4.84. The molecule has 108 valence electrons. The van der Waals surface area contributed by atoms with Crippen LogP contribution in [-0.4, -0.2) is 42.4 Å². The van der Waals surface area contributed by atoms with Crippen LogP contribution in [0.2, 0.25) is 0 Å². The van der Waals surface area contributed by atoms with E-state index < -0.39 is 28.8 Å². The van der Waals surface area contributed by atoms with E-state index in [2.05, 4.69) is 9.71 Å². The first-order chi connectivity index (χ1) is 9.42. The number of sulfonamides is 1. The second kappa shape index (κ2) is 5.45. The third-order valence-electron chi connectivity index (χ3n) is 3.01. The van der Waals surface area contributed by atoms with Gasteiger partial charge in [-0.25, -0.2) is 13.1 Å². The van der Waals surface area contributed by atoms with Gasteiger partial charge in [-0.3, -0.25) is 4.98 Å². The molecule has 2 aromatic rings. The third-order valence-corrected chi connectivity index (χ3v) is 4.71. The fourth-order valence-corrected chi connectivity index (χ4v) is 3.44. The van der Waals surface area contributed by atoms with E-state index in [1.54, 1.807) is 24.4 Å². The minimum Gasteiger partial charge on any atom is -0.394 e. The molecule has 0 atom stereocenters. The summed E-state index contributed by atoms with van der Waals surface area (Å²) < 4.78 is 27.2. The fraction of sp³-hybridized carbons (Fsp3) is 0.308. The number of aromatic nitrogens is 1. The van der Waals surface area contributed by atoms with Crippen LogP contribution in [0.15, 0.2) is 41.6 Å². The van der Waals surface area contributed by atoms with Gasteiger partial charge in [0, 0.05) is 23.2 Å². The lowest BCUT2D eigenvalue weighted by molar-refractivity contribution is 0.122. The third kappa shape index (κ3) is 2.80. The number of nitrogens with zero attached hydrogens (tertiary/aromatic N) is 1. The SMILES string of the molecule is CC(CO)(CO)NS(=O)(=O)c1cccc2cnccc12. The van der Waals surface area contributed by atoms with Gasteiger partial charge >= 0.3 is 0 Å². The fourth-order valence-electron chi connectivity index (χ4n) is 1.82. The van der Waals surface area contributed by atoms with E-state index in [4.69, 9.17) is 0 Å². The van der Waals surface area contributed by atoms with Gasteiger partial charge in [-0.15, -0.1) is 0 Å². The molecule has 0 aliphatic rings. The van der Waals surface area contributed by atoms with E-state index >= 15 is 0 Å². The highest BCUT2D eigenvalue weighted by Crippen LogP contribution is 2.23. The molecule has 0 aliphatic carbocycles. The van der Waals surface area contributed by atoms with Crippen molar-refractivity contribution in [1.82, 2.24) is 9.71 Å². The van der Waals surface area contributed by atoms with Crippen molar-refractivity contribution in [1.29, 1.82) is 0 Å². The molecule has 7 heteroatoms. The summed E-state index contributed by atoms with van der Waals surface area (Å²) in [6.07, 6.45) is 3.09. The van der Waals surface area contributed by atoms with Crippen molar-refractivity contribution in [2.24, 2.45) is 0 Å². The molecule has 0 saturated heterocycles. The van der Waals surface area contributed by atoms with Gasteiger partial charge < -0.3 is 10.2 Å². The summed E-state index contributed by atoms with van der Waals surface area (Å²) in [6.45, 7) is 0.418. The van der Waals surface area contributed by atoms with E-state index in [9.17, 15) is 18.6 Å². The summed E-state index contributed by atoms with van der Waals surface area (Å²) >= 11 is 0. The molecule has 1 aromatic heterocycles. The summed E-state index contributed by atoms with van der Waals surface area (Å²) in [5.41, 5.74) is -1.31. The molecule has 1 heterocycles. The molecule has 3 N–H and O–H groups in total. The molecular weight excluding hydrogens is 280 g/mol. The van der Waals surface area contributed by atoms with Crippen LogP contribution in [0, 0.1) is 0 Å². The van der Waals surface area contributed by atoms with Crippen molar-refractivity contribution < 1.29 is 18.6 Å². The first kappa shape index (κ1) is 14.9. The summed E-state index contributed by atoms with van der Waals surface area (Å²) in [7, 11) is -3.87. The van der Waals surface area contributed by atoms with Crippen LogP contribution in [0.4, 0.5) is 0 Å². The molecular formula is C13H16N2O4S. The van der Waals surface area contributed by atoms with E-state index in [1.165, 1.54) is 19.2 Å². The largest absolute Gasteiger partial charge is 0.394 e. The normalized spacial score (nSPS) is 12.8. The Kier molecular flexibility index (Phi) is 4.05. The topological polar surface area (TPSA) is 99.5 Å². The van der Waals surface area contributed by atoms with Crippen LogP contribution >= 0.6 is 0 Å². The Morgan fingerprint density at radius 3 is 2.60 bits per heavy atom. The maximum Gasteiger partial charge on any atom is 0.241 e. The number of hydrogen-bond donors (Lipinski definition) is 3. The molecule has 0 spiro atoms. The lowest BCUT2D eigenvalue weighted by Gasteiger charge is -2.26. The molecule has 0 unspecified atom stereocenters. The molecule has 2 rings (SSSR count). The van der Waals surface area contributed by atoms with Gasteiger partial charge in [0.15, 0.2) is 0 Å². The number of benzene rings is 1. The minimum atomic E-state index is -3.87. The van der Waals surface area contributed by atoms with E-state index in [-0.39, 0.29) is 4.90 Å². The monoisotopic (exact) mass is 296 g/mol. The zero-order chi connectivity index (χ0) is 14.8. The number of aliphatic hydroxyl groups is 2. The van der Waals surface area contributed by atoms with Crippen LogP contribution in [0.3, 0.4) is 0 Å². The Morgan fingerprint density at radius 2 is 1.95 bits per heavy atom. The Morgan fingerprint density at radius 1 is 1.25 bits per heavy atom. The highest BCUT2D eigenvalue weighted by molar-refractivity contribution is 7.89. The van der Waals surface area contributed by atoms with Gasteiger partial charge in [-0.2, -0.15) is 0 Å². The van der Waals surface area contributed by atoms with Crippen LogP contribution in [0.25, 0.3) is 10.8 Å². The Hall–Kier alpha value is -1.54. The minimum absolute atomic E-state index is 0.0884. The molecule has 0 aliphatic heterocycles. The first-order valence-corrected chi connectivity index (χ1v) is 7.49. The number of rotatable bonds is 5. The van der Waals surface area contributed by atoms with E-state index in [1.807, 2.05) is 0 Å². The molecule has 20 heavy (non-hydrogen) atoms. The number of aliphatic hydroxyl groups excluding tert-OH is 2. The summed E-state index contributed by atoms with van der Waals surface area (Å²) in [4.78, 5) is 4.04. The van der Waals surface area contributed by atoms with Crippen molar-refractivity contribution in [3.05, 3.63) is 36.7 Å². The van der Waals surface area contributed by atoms with Crippen LogP contribution in [0.5, 0.6) is 0 Å². The lowest BCUT2D eigenvalue weighted by atomic mass is 10.1. The smallest absolute Gasteiger partial charge is 0.241 e. The Balaban J connectivity index is 2.53. The van der Waals surface area contributed by atoms with Gasteiger partial charge in [0.2, 0.25) is 10.0 Å². The number of hydrogen-bond acceptors (Lipinski definition) is 5. The molecule has 0 radical (unpaired) electrons.